The van der Waals surface area contributed by atoms with E-state index in [0.717, 1.165) is 25.9 Å². The second kappa shape index (κ2) is 8.94. The second-order valence-corrected chi connectivity index (χ2v) is 5.37. The highest BCUT2D eigenvalue weighted by atomic mass is 16.3. The molecule has 0 saturated heterocycles. The molecule has 1 aromatic carbocycles. The van der Waals surface area contributed by atoms with Crippen LogP contribution in [0.15, 0.2) is 24.3 Å². The second-order valence-electron chi connectivity index (χ2n) is 5.37. The predicted octanol–water partition coefficient (Wildman–Crippen LogP) is 3.01. The summed E-state index contributed by atoms with van der Waals surface area (Å²) in [7, 11) is 0. The number of nitrogens with one attached hydrogen (secondary N) is 2. The Balaban J connectivity index is 2.48. The number of rotatable bonds is 9. The van der Waals surface area contributed by atoms with E-state index in [1.54, 1.807) is 0 Å². The third kappa shape index (κ3) is 6.08. The zero-order chi connectivity index (χ0) is 14.1. The van der Waals surface area contributed by atoms with Crippen molar-refractivity contribution in [1.29, 1.82) is 0 Å². The molecule has 1 unspecified atom stereocenters. The summed E-state index contributed by atoms with van der Waals surface area (Å²) in [5.41, 5.74) is 2.50. The standard InChI is InChI=1S/C16H28N2O/c1-4-14(12-19)9-10-17-16-8-6-5-7-15(16)11-18-13(2)3/h5-8,13-14,17-19H,4,9-12H2,1-3H3. The average molecular weight is 264 g/mol. The molecule has 0 spiro atoms. The van der Waals surface area contributed by atoms with Gasteiger partial charge in [0.25, 0.3) is 0 Å². The molecule has 0 radical (unpaired) electrons. The van der Waals surface area contributed by atoms with Crippen molar-refractivity contribution in [3.63, 3.8) is 0 Å². The summed E-state index contributed by atoms with van der Waals surface area (Å²) in [5, 5.41) is 16.1. The minimum absolute atomic E-state index is 0.286. The number of hydrogen-bond acceptors (Lipinski definition) is 3. The highest BCUT2D eigenvalue weighted by molar-refractivity contribution is 5.50. The van der Waals surface area contributed by atoms with E-state index in [4.69, 9.17) is 0 Å². The van der Waals surface area contributed by atoms with E-state index in [1.165, 1.54) is 11.3 Å². The molecule has 0 aromatic heterocycles. The maximum atomic E-state index is 9.19. The maximum absolute atomic E-state index is 9.19. The van der Waals surface area contributed by atoms with Crippen LogP contribution in [0.3, 0.4) is 0 Å². The minimum Gasteiger partial charge on any atom is -0.396 e. The quantitative estimate of drug-likeness (QED) is 0.642. The van der Waals surface area contributed by atoms with E-state index in [-0.39, 0.29) is 6.61 Å². The van der Waals surface area contributed by atoms with Gasteiger partial charge in [-0.15, -0.1) is 0 Å². The minimum atomic E-state index is 0.286. The van der Waals surface area contributed by atoms with Crippen LogP contribution in [0.5, 0.6) is 0 Å². The molecule has 1 aromatic rings. The van der Waals surface area contributed by atoms with Crippen LogP contribution in [0.1, 0.15) is 39.2 Å². The lowest BCUT2D eigenvalue weighted by atomic mass is 10.0. The van der Waals surface area contributed by atoms with Crippen molar-refractivity contribution in [2.45, 2.75) is 46.2 Å². The predicted molar refractivity (Wildman–Crippen MR) is 82.4 cm³/mol. The number of hydrogen-bond donors (Lipinski definition) is 3. The molecule has 0 bridgehead atoms. The van der Waals surface area contributed by atoms with E-state index in [9.17, 15) is 5.11 Å². The van der Waals surface area contributed by atoms with Crippen LogP contribution in [0, 0.1) is 5.92 Å². The van der Waals surface area contributed by atoms with Gasteiger partial charge in [0.1, 0.15) is 0 Å². The lowest BCUT2D eigenvalue weighted by molar-refractivity contribution is 0.217. The molecule has 108 valence electrons. The molecule has 0 aliphatic carbocycles. The zero-order valence-electron chi connectivity index (χ0n) is 12.4. The van der Waals surface area contributed by atoms with E-state index in [0.29, 0.717) is 12.0 Å². The van der Waals surface area contributed by atoms with Gasteiger partial charge < -0.3 is 15.7 Å². The van der Waals surface area contributed by atoms with Gasteiger partial charge in [-0.2, -0.15) is 0 Å². The van der Waals surface area contributed by atoms with Crippen molar-refractivity contribution in [2.24, 2.45) is 5.92 Å². The summed E-state index contributed by atoms with van der Waals surface area (Å²) in [6, 6.07) is 8.90. The summed E-state index contributed by atoms with van der Waals surface area (Å²) in [5.74, 6) is 0.411. The van der Waals surface area contributed by atoms with Gasteiger partial charge >= 0.3 is 0 Å². The molecule has 1 rings (SSSR count). The number of benzene rings is 1. The maximum Gasteiger partial charge on any atom is 0.0459 e. The normalized spacial score (nSPS) is 12.7. The summed E-state index contributed by atoms with van der Waals surface area (Å²) in [4.78, 5) is 0. The van der Waals surface area contributed by atoms with Gasteiger partial charge in [-0.3, -0.25) is 0 Å². The first-order valence-electron chi connectivity index (χ1n) is 7.33. The lowest BCUT2D eigenvalue weighted by Crippen LogP contribution is -2.22. The van der Waals surface area contributed by atoms with Crippen molar-refractivity contribution in [3.8, 4) is 0 Å². The monoisotopic (exact) mass is 264 g/mol. The van der Waals surface area contributed by atoms with Crippen LogP contribution in [-0.2, 0) is 6.54 Å². The van der Waals surface area contributed by atoms with Crippen LogP contribution in [0.25, 0.3) is 0 Å². The first kappa shape index (κ1) is 16.0. The first-order valence-corrected chi connectivity index (χ1v) is 7.33. The van der Waals surface area contributed by atoms with Gasteiger partial charge in [0, 0.05) is 31.4 Å². The summed E-state index contributed by atoms with van der Waals surface area (Å²) >= 11 is 0. The molecule has 0 aliphatic rings. The van der Waals surface area contributed by atoms with Crippen molar-refractivity contribution in [3.05, 3.63) is 29.8 Å². The lowest BCUT2D eigenvalue weighted by Gasteiger charge is -2.16. The largest absolute Gasteiger partial charge is 0.396 e. The van der Waals surface area contributed by atoms with E-state index in [2.05, 4.69) is 55.7 Å². The van der Waals surface area contributed by atoms with Gasteiger partial charge in [0.15, 0.2) is 0 Å². The number of aliphatic hydroxyl groups excluding tert-OH is 1. The fourth-order valence-corrected chi connectivity index (χ4v) is 2.00. The Morgan fingerprint density at radius 2 is 1.95 bits per heavy atom. The molecular formula is C16H28N2O. The summed E-state index contributed by atoms with van der Waals surface area (Å²) in [6.45, 7) is 8.53. The Bertz CT molecular complexity index is 348. The molecule has 19 heavy (non-hydrogen) atoms. The van der Waals surface area contributed by atoms with Gasteiger partial charge in [0.05, 0.1) is 0 Å². The molecule has 3 nitrogen and oxygen atoms in total. The van der Waals surface area contributed by atoms with E-state index in [1.807, 2.05) is 0 Å². The third-order valence-corrected chi connectivity index (χ3v) is 3.42. The van der Waals surface area contributed by atoms with Crippen molar-refractivity contribution in [2.75, 3.05) is 18.5 Å². The highest BCUT2D eigenvalue weighted by Gasteiger charge is 2.05. The number of anilines is 1. The number of para-hydroxylation sites is 1. The third-order valence-electron chi connectivity index (χ3n) is 3.42. The van der Waals surface area contributed by atoms with Gasteiger partial charge in [-0.1, -0.05) is 45.4 Å². The fourth-order valence-electron chi connectivity index (χ4n) is 2.00. The Hall–Kier alpha value is -1.06. The topological polar surface area (TPSA) is 44.3 Å². The summed E-state index contributed by atoms with van der Waals surface area (Å²) in [6.07, 6.45) is 2.05. The van der Waals surface area contributed by atoms with E-state index >= 15 is 0 Å². The van der Waals surface area contributed by atoms with Crippen molar-refractivity contribution >= 4 is 5.69 Å². The number of aliphatic hydroxyl groups is 1. The van der Waals surface area contributed by atoms with Crippen LogP contribution in [0.4, 0.5) is 5.69 Å². The molecule has 0 fully saturated rings. The van der Waals surface area contributed by atoms with Crippen molar-refractivity contribution < 1.29 is 5.11 Å². The van der Waals surface area contributed by atoms with Gasteiger partial charge in [0.2, 0.25) is 0 Å². The first-order chi connectivity index (χ1) is 9.17. The van der Waals surface area contributed by atoms with Crippen LogP contribution in [-0.4, -0.2) is 24.3 Å². The molecule has 3 N–H and O–H groups in total. The average Bonchev–Trinajstić information content (AvgIpc) is 2.42. The van der Waals surface area contributed by atoms with Gasteiger partial charge in [-0.25, -0.2) is 0 Å². The van der Waals surface area contributed by atoms with Gasteiger partial charge in [-0.05, 0) is 24.0 Å². The van der Waals surface area contributed by atoms with Crippen LogP contribution in [0.2, 0.25) is 0 Å². The fraction of sp³-hybridized carbons (Fsp3) is 0.625. The molecular weight excluding hydrogens is 236 g/mol. The zero-order valence-corrected chi connectivity index (χ0v) is 12.4. The Morgan fingerprint density at radius 3 is 2.58 bits per heavy atom. The molecule has 0 heterocycles. The highest BCUT2D eigenvalue weighted by Crippen LogP contribution is 2.16. The summed E-state index contributed by atoms with van der Waals surface area (Å²) < 4.78 is 0. The molecule has 0 aliphatic heterocycles. The van der Waals surface area contributed by atoms with E-state index < -0.39 is 0 Å². The smallest absolute Gasteiger partial charge is 0.0459 e. The Kier molecular flexibility index (Phi) is 7.53. The Labute approximate surface area is 117 Å². The van der Waals surface area contributed by atoms with Crippen LogP contribution < -0.4 is 10.6 Å². The van der Waals surface area contributed by atoms with Crippen molar-refractivity contribution in [1.82, 2.24) is 5.32 Å². The molecule has 0 amide bonds. The van der Waals surface area contributed by atoms with Crippen LogP contribution >= 0.6 is 0 Å². The Morgan fingerprint density at radius 1 is 1.21 bits per heavy atom. The molecule has 0 saturated carbocycles. The molecule has 3 heteroatoms. The molecule has 1 atom stereocenters. The SMILES string of the molecule is CCC(CO)CCNc1ccccc1CNC(C)C.